The highest BCUT2D eigenvalue weighted by Crippen LogP contribution is 2.34. The van der Waals surface area contributed by atoms with Gasteiger partial charge in [0.1, 0.15) is 0 Å². The molecule has 2 aliphatic rings. The summed E-state index contributed by atoms with van der Waals surface area (Å²) >= 11 is 0. The van der Waals surface area contributed by atoms with Gasteiger partial charge in [0.25, 0.3) is 0 Å². The summed E-state index contributed by atoms with van der Waals surface area (Å²) in [5.41, 5.74) is -0.309. The Morgan fingerprint density at radius 3 is 2.43 bits per heavy atom. The molecule has 0 aromatic heterocycles. The van der Waals surface area contributed by atoms with Crippen molar-refractivity contribution in [3.8, 4) is 0 Å². The normalized spacial score (nSPS) is 24.1. The quantitative estimate of drug-likeness (QED) is 0.745. The van der Waals surface area contributed by atoms with E-state index in [9.17, 15) is 9.59 Å². The van der Waals surface area contributed by atoms with E-state index in [-0.39, 0.29) is 24.1 Å². The molecule has 1 fully saturated rings. The number of ether oxygens (including phenoxy) is 2. The largest absolute Gasteiger partial charge is 0.461 e. The van der Waals surface area contributed by atoms with E-state index in [1.807, 2.05) is 38.7 Å². The monoisotopic (exact) mass is 321 g/mol. The summed E-state index contributed by atoms with van der Waals surface area (Å²) in [5, 5.41) is 0. The zero-order chi connectivity index (χ0) is 17.0. The molecule has 0 bridgehead atoms. The van der Waals surface area contributed by atoms with E-state index in [0.717, 1.165) is 25.8 Å². The summed E-state index contributed by atoms with van der Waals surface area (Å²) in [4.78, 5) is 26.8. The first-order chi connectivity index (χ1) is 10.8. The standard InChI is InChI=1S/C18H27NO4/c1-13(2)22-16(20)15-8-10-18(17(21)23-14(3)4)9-6-5-7-11-19(18)12-15/h8,10,12-14H,5-7,9,11H2,1-4H3. The fraction of sp³-hybridized carbons (Fsp3) is 0.667. The van der Waals surface area contributed by atoms with Gasteiger partial charge in [0.2, 0.25) is 0 Å². The SMILES string of the molecule is CC(C)OC(=O)C1=CN2CCCCCC2(C(=O)OC(C)C)C=C1. The van der Waals surface area contributed by atoms with E-state index in [1.165, 1.54) is 0 Å². The van der Waals surface area contributed by atoms with Crippen molar-refractivity contribution in [3.05, 3.63) is 23.9 Å². The summed E-state index contributed by atoms with van der Waals surface area (Å²) in [6.07, 6.45) is 8.69. The van der Waals surface area contributed by atoms with Crippen LogP contribution in [0.1, 0.15) is 53.4 Å². The van der Waals surface area contributed by atoms with Crippen molar-refractivity contribution in [2.24, 2.45) is 0 Å². The fourth-order valence-corrected chi connectivity index (χ4v) is 3.00. The highest BCUT2D eigenvalue weighted by molar-refractivity contribution is 5.93. The minimum Gasteiger partial charge on any atom is -0.461 e. The van der Waals surface area contributed by atoms with Crippen LogP contribution in [0, 0.1) is 0 Å². The maximum Gasteiger partial charge on any atom is 0.339 e. The van der Waals surface area contributed by atoms with Crippen molar-refractivity contribution in [3.63, 3.8) is 0 Å². The molecule has 5 nitrogen and oxygen atoms in total. The van der Waals surface area contributed by atoms with Crippen molar-refractivity contribution in [2.75, 3.05) is 6.54 Å². The van der Waals surface area contributed by atoms with Crippen LogP contribution >= 0.6 is 0 Å². The highest BCUT2D eigenvalue weighted by atomic mass is 16.5. The van der Waals surface area contributed by atoms with Crippen LogP contribution in [-0.2, 0) is 19.1 Å². The first kappa shape index (κ1) is 17.6. The van der Waals surface area contributed by atoms with E-state index in [0.29, 0.717) is 12.0 Å². The Morgan fingerprint density at radius 2 is 1.78 bits per heavy atom. The van der Waals surface area contributed by atoms with Crippen molar-refractivity contribution in [2.45, 2.75) is 71.1 Å². The van der Waals surface area contributed by atoms with E-state index in [2.05, 4.69) is 0 Å². The van der Waals surface area contributed by atoms with Crippen LogP contribution in [0.5, 0.6) is 0 Å². The number of esters is 2. The van der Waals surface area contributed by atoms with Crippen molar-refractivity contribution >= 4 is 11.9 Å². The lowest BCUT2D eigenvalue weighted by Gasteiger charge is -2.40. The first-order valence-corrected chi connectivity index (χ1v) is 8.45. The van der Waals surface area contributed by atoms with Gasteiger partial charge in [-0.2, -0.15) is 0 Å². The molecular formula is C18H27NO4. The summed E-state index contributed by atoms with van der Waals surface area (Å²) in [5.74, 6) is -0.593. The summed E-state index contributed by atoms with van der Waals surface area (Å²) in [6, 6.07) is 0. The van der Waals surface area contributed by atoms with Gasteiger partial charge < -0.3 is 14.4 Å². The Morgan fingerprint density at radius 1 is 1.09 bits per heavy atom. The zero-order valence-corrected chi connectivity index (χ0v) is 14.5. The fourth-order valence-electron chi connectivity index (χ4n) is 3.00. The number of rotatable bonds is 4. The maximum atomic E-state index is 12.7. The van der Waals surface area contributed by atoms with Gasteiger partial charge in [-0.05, 0) is 52.7 Å². The Balaban J connectivity index is 2.28. The molecule has 128 valence electrons. The average Bonchev–Trinajstić information content (AvgIpc) is 2.68. The third kappa shape index (κ3) is 3.95. The average molecular weight is 321 g/mol. The first-order valence-electron chi connectivity index (χ1n) is 8.45. The molecule has 1 saturated heterocycles. The third-order valence-corrected chi connectivity index (χ3v) is 4.08. The van der Waals surface area contributed by atoms with Gasteiger partial charge in [0.05, 0.1) is 17.8 Å². The molecule has 0 amide bonds. The predicted molar refractivity (Wildman–Crippen MR) is 87.6 cm³/mol. The topological polar surface area (TPSA) is 55.8 Å². The highest BCUT2D eigenvalue weighted by Gasteiger charge is 2.45. The number of carbonyl (C=O) groups is 2. The van der Waals surface area contributed by atoms with Crippen LogP contribution in [-0.4, -0.2) is 41.1 Å². The van der Waals surface area contributed by atoms with Crippen LogP contribution in [0.2, 0.25) is 0 Å². The van der Waals surface area contributed by atoms with E-state index in [1.54, 1.807) is 12.3 Å². The summed E-state index contributed by atoms with van der Waals surface area (Å²) < 4.78 is 10.7. The Kier molecular flexibility index (Phi) is 5.50. The van der Waals surface area contributed by atoms with Gasteiger partial charge in [-0.3, -0.25) is 0 Å². The molecule has 1 atom stereocenters. The van der Waals surface area contributed by atoms with Gasteiger partial charge >= 0.3 is 11.9 Å². The number of hydrogen-bond donors (Lipinski definition) is 0. The minimum absolute atomic E-state index is 0.160. The molecule has 0 aliphatic carbocycles. The molecule has 2 rings (SSSR count). The van der Waals surface area contributed by atoms with Crippen molar-refractivity contribution in [1.82, 2.24) is 4.90 Å². The lowest BCUT2D eigenvalue weighted by Crippen LogP contribution is -2.53. The van der Waals surface area contributed by atoms with Gasteiger partial charge in [-0.1, -0.05) is 12.8 Å². The number of hydrogen-bond acceptors (Lipinski definition) is 5. The van der Waals surface area contributed by atoms with Gasteiger partial charge in [0.15, 0.2) is 5.54 Å². The molecule has 2 heterocycles. The lowest BCUT2D eigenvalue weighted by molar-refractivity contribution is -0.158. The molecular weight excluding hydrogens is 294 g/mol. The molecule has 5 heteroatoms. The Hall–Kier alpha value is -1.78. The molecule has 2 aliphatic heterocycles. The molecule has 0 N–H and O–H groups in total. The molecule has 0 spiro atoms. The van der Waals surface area contributed by atoms with E-state index >= 15 is 0 Å². The van der Waals surface area contributed by atoms with Crippen LogP contribution in [0.15, 0.2) is 23.9 Å². The second kappa shape index (κ2) is 7.20. The Bertz CT molecular complexity index is 521. The van der Waals surface area contributed by atoms with Gasteiger partial charge in [-0.25, -0.2) is 9.59 Å². The molecule has 0 saturated carbocycles. The number of fused-ring (bicyclic) bond motifs is 1. The number of carbonyl (C=O) groups excluding carboxylic acids is 2. The van der Waals surface area contributed by atoms with Crippen LogP contribution in [0.3, 0.4) is 0 Å². The molecule has 1 unspecified atom stereocenters. The smallest absolute Gasteiger partial charge is 0.339 e. The second-order valence-electron chi connectivity index (χ2n) is 6.75. The van der Waals surface area contributed by atoms with Crippen molar-refractivity contribution in [1.29, 1.82) is 0 Å². The van der Waals surface area contributed by atoms with Gasteiger partial charge in [-0.15, -0.1) is 0 Å². The van der Waals surface area contributed by atoms with E-state index in [4.69, 9.17) is 9.47 Å². The van der Waals surface area contributed by atoms with Crippen molar-refractivity contribution < 1.29 is 19.1 Å². The lowest BCUT2D eigenvalue weighted by atomic mass is 9.88. The van der Waals surface area contributed by atoms with Crippen LogP contribution < -0.4 is 0 Å². The predicted octanol–water partition coefficient (Wildman–Crippen LogP) is 2.96. The van der Waals surface area contributed by atoms with Crippen LogP contribution in [0.25, 0.3) is 0 Å². The summed E-state index contributed by atoms with van der Waals surface area (Å²) in [7, 11) is 0. The molecule has 0 aromatic carbocycles. The summed E-state index contributed by atoms with van der Waals surface area (Å²) in [6.45, 7) is 8.07. The second-order valence-corrected chi connectivity index (χ2v) is 6.75. The third-order valence-electron chi connectivity index (χ3n) is 4.08. The maximum absolute atomic E-state index is 12.7. The van der Waals surface area contributed by atoms with Crippen LogP contribution in [0.4, 0.5) is 0 Å². The zero-order valence-electron chi connectivity index (χ0n) is 14.5. The molecule has 23 heavy (non-hydrogen) atoms. The van der Waals surface area contributed by atoms with Gasteiger partial charge in [0, 0.05) is 12.7 Å². The molecule has 0 radical (unpaired) electrons. The minimum atomic E-state index is -0.789. The molecule has 0 aromatic rings. The number of nitrogens with zero attached hydrogens (tertiary/aromatic N) is 1. The Labute approximate surface area is 138 Å². The van der Waals surface area contributed by atoms with E-state index < -0.39 is 5.54 Å².